The molecule has 1 saturated heterocycles. The molecule has 0 amide bonds. The van der Waals surface area contributed by atoms with E-state index in [2.05, 4.69) is 15.0 Å². The average molecular weight is 301 g/mol. The molecule has 20 heavy (non-hydrogen) atoms. The van der Waals surface area contributed by atoms with Gasteiger partial charge in [0.05, 0.1) is 12.1 Å². The van der Waals surface area contributed by atoms with Gasteiger partial charge in [0.25, 0.3) is 0 Å². The predicted molar refractivity (Wildman–Crippen MR) is 79.5 cm³/mol. The van der Waals surface area contributed by atoms with Crippen LogP contribution in [-0.4, -0.2) is 27.6 Å². The summed E-state index contributed by atoms with van der Waals surface area (Å²) in [5.74, 6) is 2.20. The van der Waals surface area contributed by atoms with Crippen LogP contribution >= 0.6 is 12.4 Å². The fourth-order valence-electron chi connectivity index (χ4n) is 3.51. The largest absolute Gasteiger partial charge is 0.338 e. The number of nitrogens with zero attached hydrogens (tertiary/aromatic N) is 3. The van der Waals surface area contributed by atoms with Crippen molar-refractivity contribution in [1.29, 1.82) is 0 Å². The van der Waals surface area contributed by atoms with Crippen LogP contribution in [0.5, 0.6) is 0 Å². The maximum Gasteiger partial charge on any atom is 0.240 e. The zero-order valence-corrected chi connectivity index (χ0v) is 13.2. The lowest BCUT2D eigenvalue weighted by Crippen LogP contribution is -2.42. The molecule has 1 aromatic heterocycles. The lowest BCUT2D eigenvalue weighted by Gasteiger charge is -2.36. The number of nitrogens with two attached hydrogens (primary N) is 1. The number of hydrogen-bond acceptors (Lipinski definition) is 5. The Morgan fingerprint density at radius 1 is 1.30 bits per heavy atom. The van der Waals surface area contributed by atoms with Gasteiger partial charge in [0.2, 0.25) is 5.89 Å². The summed E-state index contributed by atoms with van der Waals surface area (Å²) in [5.41, 5.74) is 5.46. The molecule has 0 bridgehead atoms. The quantitative estimate of drug-likeness (QED) is 0.928. The fraction of sp³-hybridized carbons (Fsp3) is 0.857. The molecule has 2 aliphatic rings. The van der Waals surface area contributed by atoms with Gasteiger partial charge >= 0.3 is 0 Å². The van der Waals surface area contributed by atoms with Gasteiger partial charge < -0.3 is 10.3 Å². The van der Waals surface area contributed by atoms with Crippen molar-refractivity contribution in [2.45, 2.75) is 64.1 Å². The Morgan fingerprint density at radius 2 is 2.05 bits per heavy atom. The van der Waals surface area contributed by atoms with E-state index >= 15 is 0 Å². The lowest BCUT2D eigenvalue weighted by atomic mass is 9.92. The monoisotopic (exact) mass is 300 g/mol. The highest BCUT2D eigenvalue weighted by molar-refractivity contribution is 5.85. The number of hydrogen-bond donors (Lipinski definition) is 1. The number of rotatable bonds is 3. The molecule has 6 heteroatoms. The summed E-state index contributed by atoms with van der Waals surface area (Å²) >= 11 is 0. The summed E-state index contributed by atoms with van der Waals surface area (Å²) in [4.78, 5) is 6.98. The Bertz CT molecular complexity index is 443. The summed E-state index contributed by atoms with van der Waals surface area (Å²) in [5, 5.41) is 4.00. The highest BCUT2D eigenvalue weighted by Gasteiger charge is 2.35. The second-order valence-electron chi connectivity index (χ2n) is 6.60. The molecular formula is C14H25ClN4O. The molecule has 0 spiro atoms. The first-order valence-corrected chi connectivity index (χ1v) is 7.40. The Hall–Kier alpha value is -0.650. The van der Waals surface area contributed by atoms with Gasteiger partial charge in [0.1, 0.15) is 0 Å². The summed E-state index contributed by atoms with van der Waals surface area (Å²) in [6, 6.07) is 0.731. The van der Waals surface area contributed by atoms with Gasteiger partial charge in [-0.1, -0.05) is 11.6 Å². The van der Waals surface area contributed by atoms with Gasteiger partial charge in [-0.25, -0.2) is 0 Å². The molecule has 1 aliphatic heterocycles. The maximum atomic E-state index is 5.99. The van der Waals surface area contributed by atoms with Gasteiger partial charge in [0, 0.05) is 6.04 Å². The molecule has 1 aliphatic carbocycles. The number of piperidine rings is 1. The van der Waals surface area contributed by atoms with Crippen LogP contribution < -0.4 is 5.73 Å². The summed E-state index contributed by atoms with van der Waals surface area (Å²) < 4.78 is 5.36. The van der Waals surface area contributed by atoms with E-state index in [9.17, 15) is 0 Å². The minimum absolute atomic E-state index is 0. The van der Waals surface area contributed by atoms with Crippen LogP contribution in [0.3, 0.4) is 0 Å². The first kappa shape index (κ1) is 15.7. The SMILES string of the molecule is CC(C)(N)c1noc(CN2CCCC3CCCC32)n1.Cl. The van der Waals surface area contributed by atoms with Crippen LogP contribution in [0.1, 0.15) is 57.7 Å². The zero-order valence-electron chi connectivity index (χ0n) is 12.3. The Balaban J connectivity index is 0.00000147. The molecule has 2 unspecified atom stereocenters. The number of aromatic nitrogens is 2. The second kappa shape index (κ2) is 6.00. The van der Waals surface area contributed by atoms with Crippen LogP contribution in [-0.2, 0) is 12.1 Å². The van der Waals surface area contributed by atoms with Crippen LogP contribution in [0.15, 0.2) is 4.52 Å². The van der Waals surface area contributed by atoms with Crippen LogP contribution in [0, 0.1) is 5.92 Å². The molecule has 2 fully saturated rings. The first-order chi connectivity index (χ1) is 9.04. The standard InChI is InChI=1S/C14H24N4O.ClH/c1-14(2,15)13-16-12(19-17-13)9-18-8-4-6-10-5-3-7-11(10)18;/h10-11H,3-9,15H2,1-2H3;1H. The zero-order chi connectivity index (χ0) is 13.5. The highest BCUT2D eigenvalue weighted by Crippen LogP contribution is 2.37. The van der Waals surface area contributed by atoms with Crippen molar-refractivity contribution in [3.63, 3.8) is 0 Å². The third kappa shape index (κ3) is 3.15. The maximum absolute atomic E-state index is 5.99. The third-order valence-corrected chi connectivity index (χ3v) is 4.49. The molecule has 2 atom stereocenters. The summed E-state index contributed by atoms with van der Waals surface area (Å²) in [7, 11) is 0. The molecule has 0 radical (unpaired) electrons. The predicted octanol–water partition coefficient (Wildman–Crippen LogP) is 2.45. The highest BCUT2D eigenvalue weighted by atomic mass is 35.5. The van der Waals surface area contributed by atoms with Crippen LogP contribution in [0.2, 0.25) is 0 Å². The minimum atomic E-state index is -0.528. The lowest BCUT2D eigenvalue weighted by molar-refractivity contribution is 0.0933. The molecule has 0 aromatic carbocycles. The molecule has 1 aromatic rings. The van der Waals surface area contributed by atoms with Gasteiger partial charge in [-0.15, -0.1) is 12.4 Å². The molecule has 3 rings (SSSR count). The van der Waals surface area contributed by atoms with Gasteiger partial charge in [-0.05, 0) is 52.0 Å². The van der Waals surface area contributed by atoms with Crippen LogP contribution in [0.25, 0.3) is 0 Å². The molecule has 1 saturated carbocycles. The minimum Gasteiger partial charge on any atom is -0.338 e. The van der Waals surface area contributed by atoms with E-state index in [0.29, 0.717) is 11.7 Å². The third-order valence-electron chi connectivity index (χ3n) is 4.49. The number of halogens is 1. The topological polar surface area (TPSA) is 68.2 Å². The van der Waals surface area contributed by atoms with E-state index < -0.39 is 5.54 Å². The first-order valence-electron chi connectivity index (χ1n) is 7.40. The van der Waals surface area contributed by atoms with Gasteiger partial charge in [-0.3, -0.25) is 4.90 Å². The summed E-state index contributed by atoms with van der Waals surface area (Å²) in [6.07, 6.45) is 6.79. The number of likely N-dealkylation sites (tertiary alicyclic amines) is 1. The molecule has 5 nitrogen and oxygen atoms in total. The normalized spacial score (nSPS) is 27.1. The Kier molecular flexibility index (Phi) is 4.72. The van der Waals surface area contributed by atoms with E-state index in [0.717, 1.165) is 25.0 Å². The fourth-order valence-corrected chi connectivity index (χ4v) is 3.51. The van der Waals surface area contributed by atoms with Crippen molar-refractivity contribution in [3.8, 4) is 0 Å². The van der Waals surface area contributed by atoms with E-state index in [4.69, 9.17) is 10.3 Å². The molecule has 114 valence electrons. The Labute approximate surface area is 126 Å². The van der Waals surface area contributed by atoms with Crippen molar-refractivity contribution in [1.82, 2.24) is 15.0 Å². The Morgan fingerprint density at radius 3 is 2.75 bits per heavy atom. The van der Waals surface area contributed by atoms with Crippen molar-refractivity contribution in [2.24, 2.45) is 11.7 Å². The van der Waals surface area contributed by atoms with Gasteiger partial charge in [0.15, 0.2) is 5.82 Å². The smallest absolute Gasteiger partial charge is 0.240 e. The van der Waals surface area contributed by atoms with Gasteiger partial charge in [-0.2, -0.15) is 4.98 Å². The molecular weight excluding hydrogens is 276 g/mol. The summed E-state index contributed by atoms with van der Waals surface area (Å²) in [6.45, 7) is 5.74. The van der Waals surface area contributed by atoms with E-state index in [1.165, 1.54) is 32.1 Å². The van der Waals surface area contributed by atoms with Crippen LogP contribution in [0.4, 0.5) is 0 Å². The van der Waals surface area contributed by atoms with Crippen molar-refractivity contribution < 1.29 is 4.52 Å². The van der Waals surface area contributed by atoms with E-state index in [1.807, 2.05) is 13.8 Å². The van der Waals surface area contributed by atoms with E-state index in [1.54, 1.807) is 0 Å². The second-order valence-corrected chi connectivity index (χ2v) is 6.60. The number of fused-ring (bicyclic) bond motifs is 1. The van der Waals surface area contributed by atoms with E-state index in [-0.39, 0.29) is 12.4 Å². The van der Waals surface area contributed by atoms with Crippen molar-refractivity contribution >= 4 is 12.4 Å². The average Bonchev–Trinajstić information content (AvgIpc) is 2.96. The van der Waals surface area contributed by atoms with Crippen molar-refractivity contribution in [2.75, 3.05) is 6.54 Å². The molecule has 2 N–H and O–H groups in total. The molecule has 2 heterocycles. The van der Waals surface area contributed by atoms with Crippen molar-refractivity contribution in [3.05, 3.63) is 11.7 Å².